The third-order valence-electron chi connectivity index (χ3n) is 13.2. The molecule has 2 aliphatic carbocycles. The maximum Gasteiger partial charge on any atom is 0.501 e. The summed E-state index contributed by atoms with van der Waals surface area (Å²) in [6.45, 7) is -3.44. The number of thioether (sulfide) groups is 1. The molecule has 4 aromatic rings. The van der Waals surface area contributed by atoms with Gasteiger partial charge in [-0.05, 0) is 143 Å². The van der Waals surface area contributed by atoms with Crippen LogP contribution in [0.1, 0.15) is 86.2 Å². The summed E-state index contributed by atoms with van der Waals surface area (Å²) in [5.74, 6) is -1.07. The second-order valence-electron chi connectivity index (χ2n) is 19.0. The van der Waals surface area contributed by atoms with E-state index in [2.05, 4.69) is 35.9 Å². The summed E-state index contributed by atoms with van der Waals surface area (Å²) in [5.41, 5.74) is -5.03. The zero-order valence-corrected chi connectivity index (χ0v) is 41.8. The minimum atomic E-state index is -6.21. The Labute approximate surface area is 426 Å². The molecular formula is C51H62ClF3N6O5S3. The van der Waals surface area contributed by atoms with E-state index < -0.39 is 96.6 Å². The number of amides is 1. The summed E-state index contributed by atoms with van der Waals surface area (Å²) in [6, 6.07) is 21.6. The number of carbonyl (C=O) groups excluding carboxylic acids is 1. The van der Waals surface area contributed by atoms with E-state index in [0.29, 0.717) is 58.0 Å². The molecule has 2 heterocycles. The minimum absolute atomic E-state index is 0.0323. The van der Waals surface area contributed by atoms with Gasteiger partial charge in [0.15, 0.2) is 0 Å². The summed E-state index contributed by atoms with van der Waals surface area (Å²) in [7, 11) is -11.3. The third-order valence-corrected chi connectivity index (χ3v) is 17.4. The lowest BCUT2D eigenvalue weighted by atomic mass is 9.79. The SMILES string of the molecule is [2H]C1([2H])N(CC2=C(c3ccc(Cl)cc3)CCC3(CC3)C2)C([2H])([2H])C([2H])([2H])N(c2ccc(C(=O)NS(=O)(=O)c3ccc(NC(CCN4CCN(C(C)(C)C)CC4)CSc4ccccc4)c(S(=O)(=O)C(F)(F)F)c3)cc2)C1([2H])[2H]. The minimum Gasteiger partial charge on any atom is -0.380 e. The van der Waals surface area contributed by atoms with Crippen LogP contribution in [0.5, 0.6) is 0 Å². The fourth-order valence-electron chi connectivity index (χ4n) is 8.89. The Balaban J connectivity index is 1.02. The summed E-state index contributed by atoms with van der Waals surface area (Å²) in [5, 5.41) is 3.47. The van der Waals surface area contributed by atoms with E-state index >= 15 is 0 Å². The molecule has 1 amide bonds. The van der Waals surface area contributed by atoms with Gasteiger partial charge in [-0.25, -0.2) is 21.6 Å². The van der Waals surface area contributed by atoms with Gasteiger partial charge in [-0.1, -0.05) is 47.5 Å². The van der Waals surface area contributed by atoms with Gasteiger partial charge in [0.25, 0.3) is 25.8 Å². The number of benzene rings is 4. The average Bonchev–Trinajstić information content (AvgIpc) is 4.16. The highest BCUT2D eigenvalue weighted by molar-refractivity contribution is 7.99. The van der Waals surface area contributed by atoms with Gasteiger partial charge in [0.2, 0.25) is 0 Å². The van der Waals surface area contributed by atoms with E-state index in [0.717, 1.165) is 97.9 Å². The first-order valence-electron chi connectivity index (χ1n) is 26.8. The summed E-state index contributed by atoms with van der Waals surface area (Å²) in [6.07, 6.45) is 4.17. The molecule has 0 aromatic heterocycles. The molecule has 372 valence electrons. The lowest BCUT2D eigenvalue weighted by Crippen LogP contribution is -2.53. The number of hydrogen-bond acceptors (Lipinski definition) is 11. The van der Waals surface area contributed by atoms with Crippen molar-refractivity contribution in [1.82, 2.24) is 19.4 Å². The molecule has 0 radical (unpaired) electrons. The van der Waals surface area contributed by atoms with E-state index in [1.165, 1.54) is 11.8 Å². The van der Waals surface area contributed by atoms with Gasteiger partial charge in [0.1, 0.15) is 4.90 Å². The van der Waals surface area contributed by atoms with Crippen LogP contribution >= 0.6 is 23.4 Å². The smallest absolute Gasteiger partial charge is 0.380 e. The molecule has 3 fully saturated rings. The van der Waals surface area contributed by atoms with E-state index in [1.54, 1.807) is 29.0 Å². The summed E-state index contributed by atoms with van der Waals surface area (Å²) < 4.78 is 172. The number of nitrogens with one attached hydrogen (secondary N) is 2. The zero-order valence-electron chi connectivity index (χ0n) is 46.6. The predicted octanol–water partition coefficient (Wildman–Crippen LogP) is 9.67. The Morgan fingerprint density at radius 2 is 1.51 bits per heavy atom. The number of carbonyl (C=O) groups is 1. The topological polar surface area (TPSA) is 122 Å². The van der Waals surface area contributed by atoms with Crippen LogP contribution in [0.4, 0.5) is 24.5 Å². The highest BCUT2D eigenvalue weighted by Gasteiger charge is 2.49. The van der Waals surface area contributed by atoms with Crippen LogP contribution in [-0.2, 0) is 19.9 Å². The van der Waals surface area contributed by atoms with Crippen molar-refractivity contribution < 1.29 is 45.8 Å². The number of alkyl halides is 3. The molecular weight excluding hydrogens is 965 g/mol. The first-order valence-corrected chi connectivity index (χ1v) is 27.1. The van der Waals surface area contributed by atoms with Gasteiger partial charge in [0, 0.05) is 109 Å². The average molecular weight is 1040 g/mol. The Bertz CT molecular complexity index is 3060. The van der Waals surface area contributed by atoms with Gasteiger partial charge in [0.05, 0.1) is 16.1 Å². The highest BCUT2D eigenvalue weighted by atomic mass is 35.5. The number of allylic oxidation sites excluding steroid dienone is 1. The van der Waals surface area contributed by atoms with Crippen LogP contribution < -0.4 is 14.9 Å². The van der Waals surface area contributed by atoms with E-state index in [4.69, 9.17) is 17.1 Å². The molecule has 1 spiro atoms. The van der Waals surface area contributed by atoms with Gasteiger partial charge < -0.3 is 15.1 Å². The monoisotopic (exact) mass is 1030 g/mol. The molecule has 11 nitrogen and oxygen atoms in total. The molecule has 4 aromatic carbocycles. The number of nitrogens with zero attached hydrogens (tertiary/aromatic N) is 4. The molecule has 18 heteroatoms. The van der Waals surface area contributed by atoms with Crippen molar-refractivity contribution in [3.63, 3.8) is 0 Å². The maximum absolute atomic E-state index is 14.4. The van der Waals surface area contributed by atoms with E-state index in [9.17, 15) is 40.3 Å². The Kier molecular flexibility index (Phi) is 12.6. The molecule has 8 rings (SSSR count). The largest absolute Gasteiger partial charge is 0.501 e. The maximum atomic E-state index is 14.4. The second kappa shape index (κ2) is 20.9. The zero-order chi connectivity index (χ0) is 56.4. The number of rotatable bonds is 16. The lowest BCUT2D eigenvalue weighted by molar-refractivity contribution is -0.0435. The van der Waals surface area contributed by atoms with Crippen LogP contribution in [0.2, 0.25) is 5.02 Å². The van der Waals surface area contributed by atoms with E-state index in [-0.39, 0.29) is 11.0 Å². The van der Waals surface area contributed by atoms with Crippen molar-refractivity contribution in [2.75, 3.05) is 81.2 Å². The number of halogens is 4. The van der Waals surface area contributed by atoms with Crippen molar-refractivity contribution in [2.45, 2.75) is 91.1 Å². The fraction of sp³-hybridized carbons (Fsp3) is 0.471. The first kappa shape index (κ1) is 41.5. The molecule has 1 atom stereocenters. The van der Waals surface area contributed by atoms with Crippen molar-refractivity contribution >= 4 is 66.1 Å². The normalized spacial score (nSPS) is 23.8. The Hall–Kier alpha value is -4.10. The highest BCUT2D eigenvalue weighted by Crippen LogP contribution is 2.58. The second-order valence-corrected chi connectivity index (χ2v) is 24.1. The van der Waals surface area contributed by atoms with Crippen LogP contribution in [0.25, 0.3) is 5.57 Å². The summed E-state index contributed by atoms with van der Waals surface area (Å²) in [4.78, 5) is 17.6. The van der Waals surface area contributed by atoms with Crippen LogP contribution in [-0.4, -0.2) is 126 Å². The summed E-state index contributed by atoms with van der Waals surface area (Å²) >= 11 is 7.56. The van der Waals surface area contributed by atoms with Gasteiger partial charge in [-0.15, -0.1) is 11.8 Å². The lowest BCUT2D eigenvalue weighted by Gasteiger charge is -2.42. The number of sulfone groups is 1. The van der Waals surface area contributed by atoms with Crippen molar-refractivity contribution in [3.05, 3.63) is 119 Å². The van der Waals surface area contributed by atoms with Crippen molar-refractivity contribution in [1.29, 1.82) is 0 Å². The predicted molar refractivity (Wildman–Crippen MR) is 270 cm³/mol. The number of hydrogen-bond donors (Lipinski definition) is 2. The molecule has 1 unspecified atom stereocenters. The Morgan fingerprint density at radius 3 is 2.13 bits per heavy atom. The van der Waals surface area contributed by atoms with Crippen molar-refractivity contribution in [3.8, 4) is 0 Å². The van der Waals surface area contributed by atoms with Crippen molar-refractivity contribution in [2.24, 2.45) is 5.41 Å². The molecule has 2 aliphatic heterocycles. The molecule has 2 saturated heterocycles. The number of sulfonamides is 1. The molecule has 1 saturated carbocycles. The van der Waals surface area contributed by atoms with Gasteiger partial charge in [-0.2, -0.15) is 13.2 Å². The van der Waals surface area contributed by atoms with Crippen LogP contribution in [0.15, 0.2) is 117 Å². The number of piperazine rings is 2. The number of anilines is 2. The van der Waals surface area contributed by atoms with Gasteiger partial charge in [-0.3, -0.25) is 14.6 Å². The molecule has 4 aliphatic rings. The Morgan fingerprint density at radius 1 is 0.841 bits per heavy atom. The first-order chi connectivity index (χ1) is 35.7. The quantitative estimate of drug-likeness (QED) is 0.104. The van der Waals surface area contributed by atoms with E-state index in [1.807, 2.05) is 30.3 Å². The van der Waals surface area contributed by atoms with Crippen LogP contribution in [0, 0.1) is 5.41 Å². The molecule has 69 heavy (non-hydrogen) atoms. The third kappa shape index (κ3) is 12.7. The standard InChI is InChI=1S/C51H62ClF3N6O5S3/c1-49(2,3)61-31-27-58(28-32-61)24-20-41(36-67-43-7-5-4-6-8-43)56-46-18-17-44(33-47(46)68(63,64)51(53,54)55)69(65,66)57-48(62)38-11-15-42(16-12-38)60-29-25-59(26-30-60)35-39-34-50(22-23-50)21-19-45(39)37-9-13-40(52)14-10-37/h4-18,33,41,56H,19-32,34-36H2,1-3H3,(H,57,62)/i25D2,26D2,29D2,30D2. The molecule has 2 N–H and O–H groups in total. The van der Waals surface area contributed by atoms with Gasteiger partial charge >= 0.3 is 5.51 Å². The fourth-order valence-corrected chi connectivity index (χ4v) is 12.0. The van der Waals surface area contributed by atoms with Crippen LogP contribution in [0.3, 0.4) is 0 Å². The molecule has 0 bridgehead atoms.